The van der Waals surface area contributed by atoms with Crippen LogP contribution in [0.15, 0.2) is 28.7 Å². The van der Waals surface area contributed by atoms with E-state index in [9.17, 15) is 0 Å². The minimum Gasteiger partial charge on any atom is -0.395 e. The first-order valence-electron chi connectivity index (χ1n) is 5.33. The number of ether oxygens (including phenoxy) is 1. The predicted molar refractivity (Wildman–Crippen MR) is 68.4 cm³/mol. The maximum Gasteiger partial charge on any atom is 0.0589 e. The Morgan fingerprint density at radius 3 is 2.81 bits per heavy atom. The van der Waals surface area contributed by atoms with Crippen molar-refractivity contribution < 1.29 is 9.84 Å². The molecule has 0 heterocycles. The van der Waals surface area contributed by atoms with Crippen molar-refractivity contribution in [2.75, 3.05) is 33.4 Å². The molecular weight excluding hydrogens is 270 g/mol. The van der Waals surface area contributed by atoms with Crippen LogP contribution in [0.4, 0.5) is 0 Å². The topological polar surface area (TPSA) is 32.7 Å². The second-order valence-electron chi connectivity index (χ2n) is 3.62. The number of hydrogen-bond donors (Lipinski definition) is 1. The summed E-state index contributed by atoms with van der Waals surface area (Å²) in [4.78, 5) is 2.17. The Kier molecular flexibility index (Phi) is 6.64. The lowest BCUT2D eigenvalue weighted by atomic mass is 10.2. The van der Waals surface area contributed by atoms with Crippen LogP contribution in [0, 0.1) is 0 Å². The third-order valence-electron chi connectivity index (χ3n) is 2.32. The van der Waals surface area contributed by atoms with Crippen LogP contribution < -0.4 is 0 Å². The van der Waals surface area contributed by atoms with Gasteiger partial charge in [0.1, 0.15) is 0 Å². The molecule has 90 valence electrons. The number of methoxy groups -OCH3 is 1. The molecule has 0 aliphatic heterocycles. The van der Waals surface area contributed by atoms with Gasteiger partial charge in [-0.25, -0.2) is 0 Å². The molecule has 3 nitrogen and oxygen atoms in total. The van der Waals surface area contributed by atoms with Gasteiger partial charge in [0, 0.05) is 31.2 Å². The highest BCUT2D eigenvalue weighted by Gasteiger charge is 2.05. The minimum absolute atomic E-state index is 0.178. The SMILES string of the molecule is COCCN(CCO)Cc1cccc(Br)c1. The Morgan fingerprint density at radius 1 is 1.38 bits per heavy atom. The molecule has 0 amide bonds. The summed E-state index contributed by atoms with van der Waals surface area (Å²) in [5, 5.41) is 8.98. The van der Waals surface area contributed by atoms with E-state index in [2.05, 4.69) is 33.0 Å². The van der Waals surface area contributed by atoms with Crippen LogP contribution in [0.5, 0.6) is 0 Å². The first-order chi connectivity index (χ1) is 7.76. The Bertz CT molecular complexity index is 307. The van der Waals surface area contributed by atoms with Gasteiger partial charge in [0.15, 0.2) is 0 Å². The van der Waals surface area contributed by atoms with Crippen LogP contribution in [0.1, 0.15) is 5.56 Å². The monoisotopic (exact) mass is 287 g/mol. The van der Waals surface area contributed by atoms with Crippen LogP contribution in [-0.2, 0) is 11.3 Å². The molecule has 0 aromatic heterocycles. The summed E-state index contributed by atoms with van der Waals surface area (Å²) in [6.45, 7) is 3.22. The molecule has 4 heteroatoms. The number of nitrogens with zero attached hydrogens (tertiary/aromatic N) is 1. The molecule has 1 N–H and O–H groups in total. The minimum atomic E-state index is 0.178. The number of halogens is 1. The van der Waals surface area contributed by atoms with E-state index in [1.165, 1.54) is 5.56 Å². The largest absolute Gasteiger partial charge is 0.395 e. The van der Waals surface area contributed by atoms with Gasteiger partial charge in [-0.3, -0.25) is 4.90 Å². The predicted octanol–water partition coefficient (Wildman–Crippen LogP) is 1.89. The van der Waals surface area contributed by atoms with Crippen LogP contribution in [0.3, 0.4) is 0 Å². The van der Waals surface area contributed by atoms with Crippen molar-refractivity contribution in [2.24, 2.45) is 0 Å². The molecule has 0 unspecified atom stereocenters. The van der Waals surface area contributed by atoms with Gasteiger partial charge in [-0.2, -0.15) is 0 Å². The van der Waals surface area contributed by atoms with Gasteiger partial charge in [0.25, 0.3) is 0 Å². The molecule has 0 radical (unpaired) electrons. The van der Waals surface area contributed by atoms with Gasteiger partial charge in [0.05, 0.1) is 13.2 Å². The van der Waals surface area contributed by atoms with Crippen molar-refractivity contribution >= 4 is 15.9 Å². The molecule has 0 aliphatic rings. The molecule has 16 heavy (non-hydrogen) atoms. The van der Waals surface area contributed by atoms with Crippen molar-refractivity contribution in [3.8, 4) is 0 Å². The fraction of sp³-hybridized carbons (Fsp3) is 0.500. The lowest BCUT2D eigenvalue weighted by molar-refractivity contribution is 0.127. The maximum absolute atomic E-state index is 8.98. The molecular formula is C12H18BrNO2. The molecule has 1 aromatic rings. The lowest BCUT2D eigenvalue weighted by Crippen LogP contribution is -2.29. The zero-order valence-electron chi connectivity index (χ0n) is 9.53. The number of hydrogen-bond acceptors (Lipinski definition) is 3. The van der Waals surface area contributed by atoms with E-state index in [-0.39, 0.29) is 6.61 Å². The van der Waals surface area contributed by atoms with E-state index >= 15 is 0 Å². The fourth-order valence-electron chi connectivity index (χ4n) is 1.53. The normalized spacial score (nSPS) is 11.0. The summed E-state index contributed by atoms with van der Waals surface area (Å²) in [7, 11) is 1.69. The zero-order chi connectivity index (χ0) is 11.8. The first-order valence-corrected chi connectivity index (χ1v) is 6.12. The van der Waals surface area contributed by atoms with E-state index in [0.29, 0.717) is 13.2 Å². The van der Waals surface area contributed by atoms with Gasteiger partial charge in [-0.05, 0) is 17.7 Å². The highest BCUT2D eigenvalue weighted by atomic mass is 79.9. The first kappa shape index (κ1) is 13.6. The number of aliphatic hydroxyl groups is 1. The summed E-state index contributed by atoms with van der Waals surface area (Å²) >= 11 is 3.45. The molecule has 1 rings (SSSR count). The van der Waals surface area contributed by atoms with E-state index in [4.69, 9.17) is 9.84 Å². The fourth-order valence-corrected chi connectivity index (χ4v) is 1.97. The highest BCUT2D eigenvalue weighted by molar-refractivity contribution is 9.10. The standard InChI is InChI=1S/C12H18BrNO2/c1-16-8-6-14(5-7-15)10-11-3-2-4-12(13)9-11/h2-4,9,15H,5-8,10H2,1H3. The molecule has 0 saturated heterocycles. The molecule has 0 saturated carbocycles. The number of benzene rings is 1. The zero-order valence-corrected chi connectivity index (χ0v) is 11.1. The Morgan fingerprint density at radius 2 is 2.19 bits per heavy atom. The van der Waals surface area contributed by atoms with E-state index in [0.717, 1.165) is 17.6 Å². The van der Waals surface area contributed by atoms with Crippen LogP contribution in [0.25, 0.3) is 0 Å². The van der Waals surface area contributed by atoms with E-state index in [1.807, 2.05) is 12.1 Å². The van der Waals surface area contributed by atoms with Crippen molar-refractivity contribution in [2.45, 2.75) is 6.54 Å². The highest BCUT2D eigenvalue weighted by Crippen LogP contribution is 2.13. The second-order valence-corrected chi connectivity index (χ2v) is 4.54. The van der Waals surface area contributed by atoms with Crippen LogP contribution >= 0.6 is 15.9 Å². The molecule has 0 fully saturated rings. The summed E-state index contributed by atoms with van der Waals surface area (Å²) < 4.78 is 6.13. The van der Waals surface area contributed by atoms with Crippen molar-refractivity contribution in [1.82, 2.24) is 4.90 Å². The molecule has 1 aromatic carbocycles. The lowest BCUT2D eigenvalue weighted by Gasteiger charge is -2.20. The van der Waals surface area contributed by atoms with Crippen LogP contribution in [-0.4, -0.2) is 43.4 Å². The Hall–Kier alpha value is -0.420. The second kappa shape index (κ2) is 7.79. The van der Waals surface area contributed by atoms with Gasteiger partial charge in [-0.1, -0.05) is 28.1 Å². The summed E-state index contributed by atoms with van der Waals surface area (Å²) in [6.07, 6.45) is 0. The summed E-state index contributed by atoms with van der Waals surface area (Å²) in [5.41, 5.74) is 1.24. The molecule has 0 aliphatic carbocycles. The van der Waals surface area contributed by atoms with Crippen LogP contribution in [0.2, 0.25) is 0 Å². The molecule has 0 atom stereocenters. The number of rotatable bonds is 7. The van der Waals surface area contributed by atoms with Gasteiger partial charge >= 0.3 is 0 Å². The third-order valence-corrected chi connectivity index (χ3v) is 2.82. The summed E-state index contributed by atoms with van der Waals surface area (Å²) in [5.74, 6) is 0. The number of aliphatic hydroxyl groups excluding tert-OH is 1. The van der Waals surface area contributed by atoms with Gasteiger partial charge < -0.3 is 9.84 Å². The maximum atomic E-state index is 8.98. The Balaban J connectivity index is 2.52. The van der Waals surface area contributed by atoms with Gasteiger partial charge in [-0.15, -0.1) is 0 Å². The average molecular weight is 288 g/mol. The average Bonchev–Trinajstić information content (AvgIpc) is 2.26. The van der Waals surface area contributed by atoms with E-state index < -0.39 is 0 Å². The quantitative estimate of drug-likeness (QED) is 0.831. The van der Waals surface area contributed by atoms with Gasteiger partial charge in [0.2, 0.25) is 0 Å². The van der Waals surface area contributed by atoms with Crippen molar-refractivity contribution in [3.05, 3.63) is 34.3 Å². The smallest absolute Gasteiger partial charge is 0.0589 e. The third kappa shape index (κ3) is 5.07. The van der Waals surface area contributed by atoms with E-state index in [1.54, 1.807) is 7.11 Å². The Labute approximate surface area is 105 Å². The van der Waals surface area contributed by atoms with Crippen molar-refractivity contribution in [3.63, 3.8) is 0 Å². The molecule has 0 bridgehead atoms. The molecule has 0 spiro atoms. The summed E-state index contributed by atoms with van der Waals surface area (Å²) in [6, 6.07) is 8.21. The van der Waals surface area contributed by atoms with Crippen molar-refractivity contribution in [1.29, 1.82) is 0 Å².